The lowest BCUT2D eigenvalue weighted by Crippen LogP contribution is -2.36. The third-order valence-electron chi connectivity index (χ3n) is 4.20. The summed E-state index contributed by atoms with van der Waals surface area (Å²) in [6.07, 6.45) is 7.85. The van der Waals surface area contributed by atoms with Gasteiger partial charge in [-0.1, -0.05) is 24.3 Å². The molecule has 0 aliphatic heterocycles. The average molecular weight is 176 g/mol. The number of allylic oxidation sites excluding steroid dienone is 3. The van der Waals surface area contributed by atoms with Gasteiger partial charge in [-0.2, -0.15) is 0 Å². The highest BCUT2D eigenvalue weighted by atomic mass is 16.3. The fraction of sp³-hybridized carbons (Fsp3) is 0.667. The lowest BCUT2D eigenvalue weighted by atomic mass is 9.69. The standard InChI is InChI=1S/C12H16O/c1-7-2-5-10(13)12-9-4-3-8(6-9)11(7)12/h3-4,8-13H,1-2,5-6H2/t8-,9+,10-,11-,12-/m0/s1. The van der Waals surface area contributed by atoms with Crippen LogP contribution in [0, 0.1) is 23.7 Å². The minimum atomic E-state index is -0.0598. The fourth-order valence-corrected chi connectivity index (χ4v) is 3.65. The first-order valence-corrected chi connectivity index (χ1v) is 5.31. The number of hydrogen-bond acceptors (Lipinski definition) is 1. The van der Waals surface area contributed by atoms with Gasteiger partial charge < -0.3 is 5.11 Å². The second kappa shape index (κ2) is 2.48. The Morgan fingerprint density at radius 3 is 2.85 bits per heavy atom. The monoisotopic (exact) mass is 176 g/mol. The number of aliphatic hydroxyl groups is 1. The lowest BCUT2D eigenvalue weighted by molar-refractivity contribution is 0.0486. The zero-order valence-electron chi connectivity index (χ0n) is 7.82. The summed E-state index contributed by atoms with van der Waals surface area (Å²) in [5, 5.41) is 9.94. The minimum absolute atomic E-state index is 0.0598. The van der Waals surface area contributed by atoms with E-state index in [0.29, 0.717) is 23.7 Å². The largest absolute Gasteiger partial charge is 0.393 e. The molecular formula is C12H16O. The van der Waals surface area contributed by atoms with Crippen LogP contribution in [0.4, 0.5) is 0 Å². The molecule has 0 aromatic carbocycles. The highest BCUT2D eigenvalue weighted by molar-refractivity contribution is 5.24. The van der Waals surface area contributed by atoms with E-state index in [1.165, 1.54) is 12.0 Å². The zero-order valence-corrected chi connectivity index (χ0v) is 7.82. The van der Waals surface area contributed by atoms with Crippen LogP contribution in [0.15, 0.2) is 24.3 Å². The fourth-order valence-electron chi connectivity index (χ4n) is 3.65. The third kappa shape index (κ3) is 0.912. The van der Waals surface area contributed by atoms with Crippen LogP contribution >= 0.6 is 0 Å². The molecule has 0 amide bonds. The molecule has 70 valence electrons. The second-order valence-electron chi connectivity index (χ2n) is 4.82. The summed E-state index contributed by atoms with van der Waals surface area (Å²) in [6.45, 7) is 4.17. The van der Waals surface area contributed by atoms with Crippen molar-refractivity contribution in [1.29, 1.82) is 0 Å². The van der Waals surface area contributed by atoms with Gasteiger partial charge in [-0.15, -0.1) is 0 Å². The van der Waals surface area contributed by atoms with Crippen LogP contribution in [0.5, 0.6) is 0 Å². The van der Waals surface area contributed by atoms with Crippen molar-refractivity contribution in [2.24, 2.45) is 23.7 Å². The van der Waals surface area contributed by atoms with Crippen molar-refractivity contribution in [2.75, 3.05) is 0 Å². The van der Waals surface area contributed by atoms with E-state index in [1.54, 1.807) is 0 Å². The Kier molecular flexibility index (Phi) is 1.49. The lowest BCUT2D eigenvalue weighted by Gasteiger charge is -2.37. The Bertz CT molecular complexity index is 279. The number of rotatable bonds is 0. The smallest absolute Gasteiger partial charge is 0.0583 e. The molecule has 0 unspecified atom stereocenters. The molecule has 0 heterocycles. The summed E-state index contributed by atoms with van der Waals surface area (Å²) in [7, 11) is 0. The van der Waals surface area contributed by atoms with E-state index >= 15 is 0 Å². The van der Waals surface area contributed by atoms with E-state index in [-0.39, 0.29) is 6.10 Å². The topological polar surface area (TPSA) is 20.2 Å². The highest BCUT2D eigenvalue weighted by Gasteiger charge is 2.50. The van der Waals surface area contributed by atoms with Crippen molar-refractivity contribution in [3.63, 3.8) is 0 Å². The molecule has 1 nitrogen and oxygen atoms in total. The molecule has 0 radical (unpaired) electrons. The van der Waals surface area contributed by atoms with E-state index in [2.05, 4.69) is 18.7 Å². The SMILES string of the molecule is C=C1CC[C@H](O)[C@H]2[C@@H]1[C@H]1C=C[C@@H]2C1. The molecule has 2 fully saturated rings. The van der Waals surface area contributed by atoms with Gasteiger partial charge in [-0.05, 0) is 42.9 Å². The Labute approximate surface area is 79.2 Å². The van der Waals surface area contributed by atoms with Crippen LogP contribution in [-0.2, 0) is 0 Å². The van der Waals surface area contributed by atoms with Gasteiger partial charge in [0, 0.05) is 0 Å². The van der Waals surface area contributed by atoms with Crippen molar-refractivity contribution in [1.82, 2.24) is 0 Å². The van der Waals surface area contributed by atoms with Crippen LogP contribution < -0.4 is 0 Å². The van der Waals surface area contributed by atoms with E-state index in [9.17, 15) is 5.11 Å². The molecule has 0 aromatic heterocycles. The predicted molar refractivity (Wildman–Crippen MR) is 52.1 cm³/mol. The van der Waals surface area contributed by atoms with Gasteiger partial charge in [0.1, 0.15) is 0 Å². The molecule has 1 heteroatoms. The van der Waals surface area contributed by atoms with Crippen molar-refractivity contribution in [3.05, 3.63) is 24.3 Å². The molecule has 2 bridgehead atoms. The summed E-state index contributed by atoms with van der Waals surface area (Å²) in [4.78, 5) is 0. The van der Waals surface area contributed by atoms with Gasteiger partial charge in [-0.3, -0.25) is 0 Å². The Hall–Kier alpha value is -0.560. The van der Waals surface area contributed by atoms with Gasteiger partial charge in [0.25, 0.3) is 0 Å². The second-order valence-corrected chi connectivity index (χ2v) is 4.82. The molecule has 0 aromatic rings. The third-order valence-corrected chi connectivity index (χ3v) is 4.20. The number of fused-ring (bicyclic) bond motifs is 5. The van der Waals surface area contributed by atoms with Crippen LogP contribution in [0.3, 0.4) is 0 Å². The summed E-state index contributed by atoms with van der Waals surface area (Å²) in [5.74, 6) is 2.48. The molecule has 13 heavy (non-hydrogen) atoms. The number of hydrogen-bond donors (Lipinski definition) is 1. The van der Waals surface area contributed by atoms with Crippen molar-refractivity contribution in [2.45, 2.75) is 25.4 Å². The molecule has 3 aliphatic carbocycles. The maximum absolute atomic E-state index is 9.94. The normalized spacial score (nSPS) is 52.7. The first-order chi connectivity index (χ1) is 6.27. The quantitative estimate of drug-likeness (QED) is 0.561. The first kappa shape index (κ1) is 7.81. The zero-order chi connectivity index (χ0) is 9.00. The molecule has 0 spiro atoms. The van der Waals surface area contributed by atoms with E-state index in [0.717, 1.165) is 12.8 Å². The summed E-state index contributed by atoms with van der Waals surface area (Å²) in [5.41, 5.74) is 1.40. The average Bonchev–Trinajstić information content (AvgIpc) is 2.70. The van der Waals surface area contributed by atoms with Crippen molar-refractivity contribution < 1.29 is 5.11 Å². The van der Waals surface area contributed by atoms with Gasteiger partial charge >= 0.3 is 0 Å². The Balaban J connectivity index is 1.98. The van der Waals surface area contributed by atoms with Crippen molar-refractivity contribution >= 4 is 0 Å². The van der Waals surface area contributed by atoms with E-state index in [1.807, 2.05) is 0 Å². The van der Waals surface area contributed by atoms with E-state index in [4.69, 9.17) is 0 Å². The van der Waals surface area contributed by atoms with E-state index < -0.39 is 0 Å². The van der Waals surface area contributed by atoms with Crippen LogP contribution in [0.2, 0.25) is 0 Å². The van der Waals surface area contributed by atoms with Crippen LogP contribution in [0.25, 0.3) is 0 Å². The van der Waals surface area contributed by atoms with Gasteiger partial charge in [0.05, 0.1) is 6.10 Å². The maximum atomic E-state index is 9.94. The molecule has 3 aliphatic rings. The molecule has 0 saturated heterocycles. The molecule has 5 atom stereocenters. The minimum Gasteiger partial charge on any atom is -0.393 e. The van der Waals surface area contributed by atoms with Crippen molar-refractivity contribution in [3.8, 4) is 0 Å². The molecule has 1 N–H and O–H groups in total. The summed E-state index contributed by atoms with van der Waals surface area (Å²) < 4.78 is 0. The van der Waals surface area contributed by atoms with Gasteiger partial charge in [-0.25, -0.2) is 0 Å². The number of aliphatic hydroxyl groups excluding tert-OH is 1. The Morgan fingerprint density at radius 1 is 1.31 bits per heavy atom. The summed E-state index contributed by atoms with van der Waals surface area (Å²) in [6, 6.07) is 0. The van der Waals surface area contributed by atoms with Crippen LogP contribution in [0.1, 0.15) is 19.3 Å². The first-order valence-electron chi connectivity index (χ1n) is 5.31. The molecule has 3 rings (SSSR count). The maximum Gasteiger partial charge on any atom is 0.0583 e. The highest BCUT2D eigenvalue weighted by Crippen LogP contribution is 2.55. The predicted octanol–water partition coefficient (Wildman–Crippen LogP) is 2.14. The molecular weight excluding hydrogens is 160 g/mol. The van der Waals surface area contributed by atoms with Gasteiger partial charge in [0.15, 0.2) is 0 Å². The van der Waals surface area contributed by atoms with Gasteiger partial charge in [0.2, 0.25) is 0 Å². The molecule has 2 saturated carbocycles. The Morgan fingerprint density at radius 2 is 2.08 bits per heavy atom. The van der Waals surface area contributed by atoms with Crippen LogP contribution in [-0.4, -0.2) is 11.2 Å². The summed E-state index contributed by atoms with van der Waals surface area (Å²) >= 11 is 0.